The lowest BCUT2D eigenvalue weighted by Crippen LogP contribution is -2.54. The summed E-state index contributed by atoms with van der Waals surface area (Å²) in [5.41, 5.74) is 1.66. The molecule has 3 aliphatic heterocycles. The van der Waals surface area contributed by atoms with Gasteiger partial charge in [-0.1, -0.05) is 116 Å². The number of rotatable bonds is 11. The van der Waals surface area contributed by atoms with Gasteiger partial charge in [0.15, 0.2) is 0 Å². The van der Waals surface area contributed by atoms with Crippen LogP contribution in [0.5, 0.6) is 5.75 Å². The zero-order valence-electron chi connectivity index (χ0n) is 32.1. The number of carbonyl (C=O) groups excluding carboxylic acids is 4. The van der Waals surface area contributed by atoms with Crippen LogP contribution in [0.15, 0.2) is 146 Å². The maximum atomic E-state index is 16.1. The largest absolute Gasteiger partial charge is 0.491 e. The number of cyclic esters (lactones) is 1. The van der Waals surface area contributed by atoms with Crippen molar-refractivity contribution in [3.8, 4) is 5.75 Å². The molecule has 1 spiro atoms. The molecule has 7 unspecified atom stereocenters. The molecule has 300 valence electrons. The van der Waals surface area contributed by atoms with Gasteiger partial charge >= 0.3 is 18.0 Å². The fraction of sp³-hybridized carbons (Fsp3) is 0.234. The second kappa shape index (κ2) is 16.8. The number of esters is 2. The van der Waals surface area contributed by atoms with E-state index in [4.69, 9.17) is 14.2 Å². The smallest absolute Gasteiger partial charge is 0.329 e. The summed E-state index contributed by atoms with van der Waals surface area (Å²) in [5.74, 6) is -3.25. The Hall–Kier alpha value is -5.83. The zero-order valence-corrected chi connectivity index (χ0v) is 34.3. The number of imide groups is 1. The zero-order chi connectivity index (χ0) is 41.3. The van der Waals surface area contributed by atoms with Gasteiger partial charge in [-0.05, 0) is 87.7 Å². The van der Waals surface area contributed by atoms with Crippen molar-refractivity contribution in [2.75, 3.05) is 24.7 Å². The Morgan fingerprint density at radius 2 is 1.53 bits per heavy atom. The predicted octanol–water partition coefficient (Wildman–Crippen LogP) is 7.53. The van der Waals surface area contributed by atoms with Gasteiger partial charge < -0.3 is 24.6 Å². The van der Waals surface area contributed by atoms with Crippen LogP contribution in [0, 0.1) is 9.49 Å². The lowest BCUT2D eigenvalue weighted by Gasteiger charge is -2.46. The molecule has 3 heterocycles. The highest BCUT2D eigenvalue weighted by molar-refractivity contribution is 14.1. The van der Waals surface area contributed by atoms with Crippen LogP contribution in [0.25, 0.3) is 0 Å². The van der Waals surface area contributed by atoms with E-state index in [-0.39, 0.29) is 25.5 Å². The highest BCUT2D eigenvalue weighted by Crippen LogP contribution is 2.66. The van der Waals surface area contributed by atoms with Crippen molar-refractivity contribution in [1.82, 2.24) is 10.2 Å². The summed E-state index contributed by atoms with van der Waals surface area (Å²) in [4.78, 5) is 63.8. The SMILES string of the molecule is C=CCOC(=O)C1C2C(=O)OC(c3ccccc3)C(c3ccccc3)N2C(c2ccc(OCCO)cc2)C12C(=O)N(C(=O)NC(C)c1ccccc1)c1ccc(I)cc12. The molecule has 0 aromatic heterocycles. The molecule has 59 heavy (non-hydrogen) atoms. The number of ether oxygens (including phenoxy) is 3. The molecule has 0 radical (unpaired) electrons. The Balaban J connectivity index is 1.41. The number of halogens is 1. The Bertz CT molecular complexity index is 2360. The molecule has 2 N–H and O–H groups in total. The molecule has 5 aromatic rings. The number of amides is 3. The van der Waals surface area contributed by atoms with Gasteiger partial charge in [0.25, 0.3) is 0 Å². The molecule has 8 rings (SSSR count). The highest BCUT2D eigenvalue weighted by Gasteiger charge is 2.76. The average Bonchev–Trinajstić information content (AvgIpc) is 3.72. The molecule has 7 atom stereocenters. The van der Waals surface area contributed by atoms with Crippen LogP contribution in [-0.2, 0) is 29.3 Å². The minimum atomic E-state index is -1.92. The van der Waals surface area contributed by atoms with Gasteiger partial charge in [0.1, 0.15) is 42.4 Å². The molecule has 0 saturated carbocycles. The monoisotopic (exact) mass is 903 g/mol. The molecular weight excluding hydrogens is 861 g/mol. The standard InChI is InChI=1S/C47H42IN3O8/c1-3-26-58-43(53)38-40-44(54)59-41(32-17-11-6-12-18-32)39(31-15-9-5-10-16-31)51(40)42(33-19-22-35(23-20-33)57-27-25-52)47(38)36-28-34(48)21-24-37(36)50(45(47)55)46(56)49-29(2)30-13-7-4-8-14-30/h3-24,28-29,38-42,52H,1,25-27H2,2H3,(H,49,56). The van der Waals surface area contributed by atoms with E-state index in [1.54, 1.807) is 36.4 Å². The number of anilines is 1. The third-order valence-electron chi connectivity index (χ3n) is 11.4. The second-order valence-corrected chi connectivity index (χ2v) is 16.0. The third kappa shape index (κ3) is 6.98. The van der Waals surface area contributed by atoms with E-state index in [1.165, 1.54) is 6.08 Å². The first-order valence-electron chi connectivity index (χ1n) is 19.4. The van der Waals surface area contributed by atoms with E-state index in [1.807, 2.05) is 109 Å². The summed E-state index contributed by atoms with van der Waals surface area (Å²) < 4.78 is 18.8. The maximum absolute atomic E-state index is 16.1. The van der Waals surface area contributed by atoms with Crippen LogP contribution < -0.4 is 15.0 Å². The molecule has 0 bridgehead atoms. The Morgan fingerprint density at radius 3 is 2.17 bits per heavy atom. The number of hydrogen-bond acceptors (Lipinski definition) is 9. The minimum absolute atomic E-state index is 0.0641. The van der Waals surface area contributed by atoms with Gasteiger partial charge in [0, 0.05) is 3.57 Å². The summed E-state index contributed by atoms with van der Waals surface area (Å²) in [6, 6.07) is 36.4. The lowest BCUT2D eigenvalue weighted by atomic mass is 9.65. The van der Waals surface area contributed by atoms with E-state index >= 15 is 4.79 Å². The van der Waals surface area contributed by atoms with Gasteiger partial charge in [-0.3, -0.25) is 19.3 Å². The Kier molecular flexibility index (Phi) is 11.4. The van der Waals surface area contributed by atoms with E-state index in [0.29, 0.717) is 16.9 Å². The summed E-state index contributed by atoms with van der Waals surface area (Å²) in [5, 5.41) is 12.5. The average molecular weight is 904 g/mol. The molecule has 12 heteroatoms. The molecule has 3 amide bonds. The molecular formula is C47H42IN3O8. The van der Waals surface area contributed by atoms with Crippen molar-refractivity contribution in [3.05, 3.63) is 178 Å². The highest BCUT2D eigenvalue weighted by atomic mass is 127. The number of carbonyl (C=O) groups is 4. The van der Waals surface area contributed by atoms with E-state index in [9.17, 15) is 19.5 Å². The number of urea groups is 1. The fourth-order valence-electron chi connectivity index (χ4n) is 9.06. The first kappa shape index (κ1) is 40.0. The number of fused-ring (bicyclic) bond motifs is 3. The van der Waals surface area contributed by atoms with Gasteiger partial charge in [0.05, 0.1) is 30.4 Å². The predicted molar refractivity (Wildman–Crippen MR) is 228 cm³/mol. The van der Waals surface area contributed by atoms with Crippen molar-refractivity contribution in [3.63, 3.8) is 0 Å². The topological polar surface area (TPSA) is 135 Å². The van der Waals surface area contributed by atoms with Crippen LogP contribution in [-0.4, -0.2) is 59.7 Å². The second-order valence-electron chi connectivity index (χ2n) is 14.7. The lowest BCUT2D eigenvalue weighted by molar-refractivity contribution is -0.180. The van der Waals surface area contributed by atoms with Crippen LogP contribution in [0.3, 0.4) is 0 Å². The number of morpholine rings is 1. The van der Waals surface area contributed by atoms with Crippen LogP contribution in [0.2, 0.25) is 0 Å². The van der Waals surface area contributed by atoms with Crippen molar-refractivity contribution in [2.24, 2.45) is 5.92 Å². The summed E-state index contributed by atoms with van der Waals surface area (Å²) in [6.45, 7) is 5.27. The van der Waals surface area contributed by atoms with Crippen molar-refractivity contribution in [2.45, 2.75) is 42.6 Å². The van der Waals surface area contributed by atoms with Gasteiger partial charge in [-0.15, -0.1) is 0 Å². The first-order valence-corrected chi connectivity index (χ1v) is 20.5. The maximum Gasteiger partial charge on any atom is 0.329 e. The Labute approximate surface area is 355 Å². The number of nitrogens with zero attached hydrogens (tertiary/aromatic N) is 2. The quantitative estimate of drug-likeness (QED) is 0.0784. The molecule has 2 saturated heterocycles. The van der Waals surface area contributed by atoms with Gasteiger partial charge in [-0.2, -0.15) is 0 Å². The number of aliphatic hydroxyl groups excluding tert-OH is 1. The summed E-state index contributed by atoms with van der Waals surface area (Å²) in [7, 11) is 0. The van der Waals surface area contributed by atoms with E-state index in [0.717, 1.165) is 25.2 Å². The van der Waals surface area contributed by atoms with Gasteiger partial charge in [-0.25, -0.2) is 9.69 Å². The number of benzene rings is 5. The fourth-order valence-corrected chi connectivity index (χ4v) is 9.55. The first-order chi connectivity index (χ1) is 28.7. The molecule has 2 fully saturated rings. The van der Waals surface area contributed by atoms with Gasteiger partial charge in [0.2, 0.25) is 5.91 Å². The number of nitrogens with one attached hydrogen (secondary N) is 1. The third-order valence-corrected chi connectivity index (χ3v) is 12.1. The summed E-state index contributed by atoms with van der Waals surface area (Å²) >= 11 is 2.16. The molecule has 3 aliphatic rings. The van der Waals surface area contributed by atoms with E-state index in [2.05, 4.69) is 34.5 Å². The van der Waals surface area contributed by atoms with Crippen molar-refractivity contribution < 1.29 is 38.5 Å². The molecule has 0 aliphatic carbocycles. The van der Waals surface area contributed by atoms with Crippen molar-refractivity contribution in [1.29, 1.82) is 0 Å². The van der Waals surface area contributed by atoms with Crippen molar-refractivity contribution >= 4 is 52.2 Å². The molecule has 11 nitrogen and oxygen atoms in total. The Morgan fingerprint density at radius 1 is 0.881 bits per heavy atom. The minimum Gasteiger partial charge on any atom is -0.491 e. The summed E-state index contributed by atoms with van der Waals surface area (Å²) in [6.07, 6.45) is 0.560. The van der Waals surface area contributed by atoms with E-state index < -0.39 is 65.5 Å². The molecule has 5 aromatic carbocycles. The van der Waals surface area contributed by atoms with Crippen LogP contribution in [0.4, 0.5) is 10.5 Å². The number of aliphatic hydroxyl groups is 1. The van der Waals surface area contributed by atoms with Crippen LogP contribution >= 0.6 is 22.6 Å². The normalized spacial score (nSPS) is 23.8. The number of hydrogen-bond donors (Lipinski definition) is 2. The van der Waals surface area contributed by atoms with Crippen LogP contribution in [0.1, 0.15) is 59.0 Å².